The normalized spacial score (nSPS) is 13.4. The van der Waals surface area contributed by atoms with Gasteiger partial charge in [-0.15, -0.1) is 0 Å². The number of nitrogens with zero attached hydrogens (tertiary/aromatic N) is 3. The number of nitrogens with one attached hydrogen (secondary N) is 1. The Balaban J connectivity index is 1.43. The summed E-state index contributed by atoms with van der Waals surface area (Å²) in [6.07, 6.45) is 3.51. The number of hydrogen-bond donors (Lipinski definition) is 1. The predicted octanol–water partition coefficient (Wildman–Crippen LogP) is 2.09. The number of hydrogen-bond acceptors (Lipinski definition) is 4. The van der Waals surface area contributed by atoms with E-state index in [1.807, 2.05) is 28.7 Å². The highest BCUT2D eigenvalue weighted by atomic mass is 127. The van der Waals surface area contributed by atoms with Crippen LogP contribution in [0.25, 0.3) is 5.65 Å². The van der Waals surface area contributed by atoms with Gasteiger partial charge in [0.25, 0.3) is 11.8 Å². The summed E-state index contributed by atoms with van der Waals surface area (Å²) in [6.45, 7) is 0.745. The van der Waals surface area contributed by atoms with E-state index in [2.05, 4.69) is 32.9 Å². The van der Waals surface area contributed by atoms with Crippen LogP contribution in [0.15, 0.2) is 48.8 Å². The molecule has 0 bridgehead atoms. The topological polar surface area (TPSA) is 75.9 Å². The van der Waals surface area contributed by atoms with Crippen molar-refractivity contribution in [2.45, 2.75) is 0 Å². The molecule has 1 aliphatic rings. The third kappa shape index (κ3) is 3.12. The van der Waals surface area contributed by atoms with Crippen molar-refractivity contribution >= 4 is 45.7 Å². The number of fused-ring (bicyclic) bond motifs is 2. The highest BCUT2D eigenvalue weighted by Gasteiger charge is 2.24. The number of carbonyl (C=O) groups excluding carboxylic acids is 2. The quantitative estimate of drug-likeness (QED) is 0.603. The monoisotopic (exact) mass is 462 g/mol. The molecule has 1 N–H and O–H groups in total. The van der Waals surface area contributed by atoms with E-state index in [4.69, 9.17) is 4.74 Å². The fourth-order valence-electron chi connectivity index (χ4n) is 2.87. The molecule has 1 aromatic carbocycles. The number of anilines is 1. The lowest BCUT2D eigenvalue weighted by atomic mass is 10.2. The van der Waals surface area contributed by atoms with Crippen LogP contribution in [0, 0.1) is 3.70 Å². The summed E-state index contributed by atoms with van der Waals surface area (Å²) in [5.74, 6) is 0.372. The number of carbonyl (C=O) groups is 2. The number of imidazole rings is 1. The molecule has 0 spiro atoms. The third-order valence-corrected chi connectivity index (χ3v) is 4.95. The first kappa shape index (κ1) is 16.8. The van der Waals surface area contributed by atoms with Crippen molar-refractivity contribution in [2.75, 3.05) is 24.6 Å². The zero-order chi connectivity index (χ0) is 18.1. The van der Waals surface area contributed by atoms with Gasteiger partial charge >= 0.3 is 0 Å². The van der Waals surface area contributed by atoms with Crippen LogP contribution in [-0.4, -0.2) is 40.9 Å². The molecule has 132 valence electrons. The fourth-order valence-corrected chi connectivity index (χ4v) is 3.39. The highest BCUT2D eigenvalue weighted by Crippen LogP contribution is 2.30. The van der Waals surface area contributed by atoms with Gasteiger partial charge in [0, 0.05) is 19.3 Å². The molecule has 0 unspecified atom stereocenters. The Bertz CT molecular complexity index is 1000. The van der Waals surface area contributed by atoms with Gasteiger partial charge in [-0.25, -0.2) is 4.98 Å². The molecule has 3 aromatic rings. The first-order valence-corrected chi connectivity index (χ1v) is 9.14. The zero-order valence-electron chi connectivity index (χ0n) is 13.7. The third-order valence-electron chi connectivity index (χ3n) is 4.15. The van der Waals surface area contributed by atoms with Crippen molar-refractivity contribution < 1.29 is 14.3 Å². The maximum absolute atomic E-state index is 12.4. The molecule has 2 aromatic heterocycles. The van der Waals surface area contributed by atoms with Gasteiger partial charge in [-0.1, -0.05) is 12.1 Å². The first-order valence-electron chi connectivity index (χ1n) is 8.06. The number of rotatable bonds is 4. The van der Waals surface area contributed by atoms with Gasteiger partial charge < -0.3 is 15.0 Å². The number of aromatic nitrogens is 2. The van der Waals surface area contributed by atoms with Crippen LogP contribution in [-0.2, 0) is 4.79 Å². The van der Waals surface area contributed by atoms with Gasteiger partial charge in [0.2, 0.25) is 0 Å². The average molecular weight is 462 g/mol. The minimum Gasteiger partial charge on any atom is -0.482 e. The molecule has 4 rings (SSSR count). The van der Waals surface area contributed by atoms with Crippen LogP contribution in [0.5, 0.6) is 5.75 Å². The lowest BCUT2D eigenvalue weighted by Crippen LogP contribution is -2.43. The molecule has 0 saturated carbocycles. The molecule has 0 atom stereocenters. The summed E-state index contributed by atoms with van der Waals surface area (Å²) in [4.78, 5) is 30.4. The minimum atomic E-state index is -0.189. The van der Waals surface area contributed by atoms with Crippen molar-refractivity contribution in [3.8, 4) is 5.75 Å². The first-order chi connectivity index (χ1) is 12.6. The largest absolute Gasteiger partial charge is 0.482 e. The lowest BCUT2D eigenvalue weighted by Gasteiger charge is -2.29. The van der Waals surface area contributed by atoms with Gasteiger partial charge in [-0.05, 0) is 46.9 Å². The van der Waals surface area contributed by atoms with Crippen LogP contribution < -0.4 is 15.0 Å². The van der Waals surface area contributed by atoms with E-state index in [9.17, 15) is 9.59 Å². The Morgan fingerprint density at radius 1 is 1.27 bits per heavy atom. The van der Waals surface area contributed by atoms with Crippen molar-refractivity contribution in [3.63, 3.8) is 0 Å². The molecular formula is C18H15IN4O3. The second-order valence-electron chi connectivity index (χ2n) is 5.78. The van der Waals surface area contributed by atoms with E-state index in [1.165, 1.54) is 0 Å². The second kappa shape index (κ2) is 6.94. The van der Waals surface area contributed by atoms with Crippen LogP contribution in [0.1, 0.15) is 10.4 Å². The zero-order valence-corrected chi connectivity index (χ0v) is 15.8. The molecule has 0 fully saturated rings. The summed E-state index contributed by atoms with van der Waals surface area (Å²) >= 11 is 2.17. The number of para-hydroxylation sites is 2. The van der Waals surface area contributed by atoms with Crippen molar-refractivity contribution in [3.05, 3.63) is 58.1 Å². The number of benzene rings is 1. The highest BCUT2D eigenvalue weighted by molar-refractivity contribution is 14.1. The molecule has 0 saturated heterocycles. The van der Waals surface area contributed by atoms with Gasteiger partial charge in [0.15, 0.2) is 6.61 Å². The summed E-state index contributed by atoms with van der Waals surface area (Å²) in [6, 6.07) is 10.9. The number of halogens is 1. The molecule has 8 heteroatoms. The van der Waals surface area contributed by atoms with Crippen LogP contribution in [0.4, 0.5) is 5.69 Å². The molecule has 1 aliphatic heterocycles. The van der Waals surface area contributed by atoms with Crippen LogP contribution in [0.2, 0.25) is 0 Å². The fraction of sp³-hybridized carbons (Fsp3) is 0.167. The number of amides is 2. The van der Waals surface area contributed by atoms with Gasteiger partial charge in [0.1, 0.15) is 15.1 Å². The molecule has 0 radical (unpaired) electrons. The standard InChI is InChI=1S/C18H15IN4O3/c19-15-9-21-16-6-5-12(10-23(15)16)18(25)20-7-8-22-13-3-1-2-4-14(13)26-11-17(22)24/h1-6,9-10H,7-8,11H2,(H,20,25). The van der Waals surface area contributed by atoms with Crippen LogP contribution in [0.3, 0.4) is 0 Å². The van der Waals surface area contributed by atoms with Crippen molar-refractivity contribution in [1.82, 2.24) is 14.7 Å². The van der Waals surface area contributed by atoms with Crippen LogP contribution >= 0.6 is 22.6 Å². The van der Waals surface area contributed by atoms with E-state index in [0.29, 0.717) is 24.4 Å². The summed E-state index contributed by atoms with van der Waals surface area (Å²) in [5.41, 5.74) is 2.07. The molecule has 7 nitrogen and oxygen atoms in total. The Kier molecular flexibility index (Phi) is 4.49. The van der Waals surface area contributed by atoms with Gasteiger partial charge in [-0.3, -0.25) is 14.0 Å². The van der Waals surface area contributed by atoms with E-state index in [0.717, 1.165) is 15.0 Å². The van der Waals surface area contributed by atoms with Crippen molar-refractivity contribution in [1.29, 1.82) is 0 Å². The Hall–Kier alpha value is -2.62. The molecule has 26 heavy (non-hydrogen) atoms. The molecule has 2 amide bonds. The Labute approximate surface area is 163 Å². The Morgan fingerprint density at radius 2 is 2.12 bits per heavy atom. The Morgan fingerprint density at radius 3 is 3.00 bits per heavy atom. The molecule has 0 aliphatic carbocycles. The maximum Gasteiger partial charge on any atom is 0.265 e. The minimum absolute atomic E-state index is 0.0146. The summed E-state index contributed by atoms with van der Waals surface area (Å²) in [5, 5.41) is 2.86. The second-order valence-corrected chi connectivity index (χ2v) is 6.89. The summed E-state index contributed by atoms with van der Waals surface area (Å²) < 4.78 is 8.21. The molecule has 3 heterocycles. The number of ether oxygens (including phenoxy) is 1. The molecular weight excluding hydrogens is 447 g/mol. The SMILES string of the molecule is O=C(NCCN1C(=O)COc2ccccc21)c1ccc2ncc(I)n2c1. The average Bonchev–Trinajstić information content (AvgIpc) is 3.04. The lowest BCUT2D eigenvalue weighted by molar-refractivity contribution is -0.121. The van der Waals surface area contributed by atoms with E-state index >= 15 is 0 Å². The summed E-state index contributed by atoms with van der Waals surface area (Å²) in [7, 11) is 0. The van der Waals surface area contributed by atoms with Gasteiger partial charge in [-0.2, -0.15) is 0 Å². The maximum atomic E-state index is 12.4. The van der Waals surface area contributed by atoms with E-state index in [-0.39, 0.29) is 18.4 Å². The smallest absolute Gasteiger partial charge is 0.265 e. The predicted molar refractivity (Wildman–Crippen MR) is 105 cm³/mol. The van der Waals surface area contributed by atoms with E-state index < -0.39 is 0 Å². The van der Waals surface area contributed by atoms with E-state index in [1.54, 1.807) is 29.4 Å². The van der Waals surface area contributed by atoms with Crippen molar-refractivity contribution in [2.24, 2.45) is 0 Å². The number of pyridine rings is 1. The van der Waals surface area contributed by atoms with Gasteiger partial charge in [0.05, 0.1) is 17.4 Å².